The van der Waals surface area contributed by atoms with Crippen LogP contribution in [-0.2, 0) is 40.2 Å². The Morgan fingerprint density at radius 3 is 0.986 bits per heavy atom. The van der Waals surface area contributed by atoms with Crippen LogP contribution in [0.25, 0.3) is 0 Å². The Balaban J connectivity index is 0.000000110. The first-order valence-electron chi connectivity index (χ1n) is 44.4. The molecule has 4 aromatic heterocycles. The Hall–Kier alpha value is -12.7. The van der Waals surface area contributed by atoms with Crippen LogP contribution in [0.15, 0.2) is 226 Å². The van der Waals surface area contributed by atoms with Crippen LogP contribution in [0.3, 0.4) is 0 Å². The first-order chi connectivity index (χ1) is 67.2. The van der Waals surface area contributed by atoms with Crippen molar-refractivity contribution in [1.29, 1.82) is 0 Å². The van der Waals surface area contributed by atoms with Gasteiger partial charge in [-0.2, -0.15) is 0 Å². The molecule has 708 valence electrons. The number of rotatable bonds is 8. The molecule has 4 saturated heterocycles. The van der Waals surface area contributed by atoms with Crippen LogP contribution >= 0.6 is 0 Å². The zero-order chi connectivity index (χ0) is 95.3. The summed E-state index contributed by atoms with van der Waals surface area (Å²) in [5, 5.41) is 10.5. The molecule has 8 atom stereocenters. The second-order valence-electron chi connectivity index (χ2n) is 33.8. The minimum atomic E-state index is -0.928. The number of halogens is 6. The van der Waals surface area contributed by atoms with E-state index in [2.05, 4.69) is 34.3 Å². The summed E-state index contributed by atoms with van der Waals surface area (Å²) in [6.45, 7) is 4.01. The Kier molecular flexibility index (Phi) is 25.2. The second-order valence-corrected chi connectivity index (χ2v) is 42.4. The van der Waals surface area contributed by atoms with Crippen LogP contribution in [0, 0.1) is 34.9 Å². The number of pyridine rings is 4. The standard InChI is InChI=1S/2C25H21F2N3O4Se.2C25H22FN3O4Se/c1-33-24-19(31)6-7-29-23(24)25(32)28-8-9-34-12-21(28)30(29)22-15-4-2-3-5-20(15)35-13-14-10-17(26)18(27)11-16(14)22;1-33-24-19(31)6-7-29-23(24)25(32)28-8-9-34-12-21(28)30(29)22-15-4-2-3-5-20(15)35-13-17-16(22)10-14(26)11-18(17)27;1-32-24-19(30)9-10-28-23(24)25(31)27-11-12-33-13-21(27)29(28)22-15-6-4-7-18(26)17(15)14-34-20-8-3-2-5-16(20)22;1-32-24-19(30)8-9-28-23(24)25(31)27-10-11-33-13-21(27)29(28)22-17-7-6-16(26)12-15(17)14-34-20-5-3-2-4-18(20)22/h2*2-7,10-11,21-22H,8-9,12-13H2,1H3;2-10,21-22H,11-14H2,1H3;2-9,12,21-22H,10-11,13-14H2,1H3/t2*21-,22-;2*21-,22+/m1111/s1. The van der Waals surface area contributed by atoms with Gasteiger partial charge in [-0.05, 0) is 0 Å². The SMILES string of the molecule is COc1c2n(ccc1=O)N([C@@H]1c3ccccc3[Se]Cc3c(F)cc(F)cc31)[C@@H]1COCCN1C2=O.COc1c2n(ccc1=O)N([C@@H]1c3ccccc3[Se]Cc3c(F)cccc31)[C@@H]1COCCN1C2=O.COc1c2n(ccc1=O)N([C@H]1c3cc(F)c(F)cc3C[Se]c3ccccc31)[C@@H]1COCCN1C2=O.COc1c2n(ccc1=O)N([C@H]1c3ccc(F)cc3C[Se]c3ccccc31)[C@@H]1COCCN1C2=O. The average molecular weight is 2140 g/mol. The van der Waals surface area contributed by atoms with Crippen LogP contribution in [0.4, 0.5) is 26.3 Å². The number of hydrogen-bond donors (Lipinski definition) is 0. The summed E-state index contributed by atoms with van der Waals surface area (Å²) >= 11 is 0.0625. The summed E-state index contributed by atoms with van der Waals surface area (Å²) in [7, 11) is 5.51. The number of amides is 4. The number of aromatic nitrogens is 4. The number of benzene rings is 8. The number of methoxy groups -OCH3 is 4. The zero-order valence-corrected chi connectivity index (χ0v) is 81.2. The van der Waals surface area contributed by atoms with Gasteiger partial charge < -0.3 is 0 Å². The molecule has 28 nitrogen and oxygen atoms in total. The number of carbonyl (C=O) groups excluding carboxylic acids is 4. The summed E-state index contributed by atoms with van der Waals surface area (Å²) in [6, 6.07) is 50.8. The van der Waals surface area contributed by atoms with Gasteiger partial charge in [-0.25, -0.2) is 0 Å². The molecule has 24 rings (SSSR count). The van der Waals surface area contributed by atoms with Gasteiger partial charge in [0.2, 0.25) is 0 Å². The van der Waals surface area contributed by atoms with Crippen LogP contribution in [-0.4, -0.2) is 254 Å². The molecule has 12 aliphatic heterocycles. The number of ether oxygens (including phenoxy) is 8. The van der Waals surface area contributed by atoms with E-state index >= 15 is 8.78 Å². The quantitative estimate of drug-likeness (QED) is 0.129. The van der Waals surface area contributed by atoms with Crippen molar-refractivity contribution < 1.29 is 83.4 Å². The van der Waals surface area contributed by atoms with Gasteiger partial charge in [-0.1, -0.05) is 0 Å². The fraction of sp³-hybridized carbons (Fsp3) is 0.280. The predicted molar refractivity (Wildman–Crippen MR) is 499 cm³/mol. The van der Waals surface area contributed by atoms with E-state index in [9.17, 15) is 55.9 Å². The van der Waals surface area contributed by atoms with Crippen molar-refractivity contribution in [3.8, 4) is 23.0 Å². The van der Waals surface area contributed by atoms with Crippen molar-refractivity contribution in [2.75, 3.05) is 128 Å². The predicted octanol–water partition coefficient (Wildman–Crippen LogP) is 5.79. The van der Waals surface area contributed by atoms with Gasteiger partial charge in [0.05, 0.1) is 0 Å². The molecule has 4 amide bonds. The number of nitrogens with zero attached hydrogens (tertiary/aromatic N) is 12. The second kappa shape index (κ2) is 37.9. The van der Waals surface area contributed by atoms with Crippen molar-refractivity contribution in [3.05, 3.63) is 372 Å². The molecule has 16 heterocycles. The number of fused-ring (bicyclic) bond motifs is 16. The summed E-state index contributed by atoms with van der Waals surface area (Å²) in [6.07, 6.45) is 4.40. The molecule has 12 aliphatic rings. The molecule has 12 aromatic rings. The van der Waals surface area contributed by atoms with Gasteiger partial charge in [0.15, 0.2) is 0 Å². The first kappa shape index (κ1) is 91.7. The van der Waals surface area contributed by atoms with Crippen LogP contribution in [0.5, 0.6) is 23.0 Å². The monoisotopic (exact) mass is 2140 g/mol. The number of morpholine rings is 4. The maximum absolute atomic E-state index is 15.1. The van der Waals surface area contributed by atoms with E-state index in [1.54, 1.807) is 69.0 Å². The van der Waals surface area contributed by atoms with Gasteiger partial charge in [0.25, 0.3) is 0 Å². The third-order valence-corrected chi connectivity index (χ3v) is 36.1. The number of carbonyl (C=O) groups is 4. The zero-order valence-electron chi connectivity index (χ0n) is 74.4. The van der Waals surface area contributed by atoms with E-state index in [0.29, 0.717) is 104 Å². The van der Waals surface area contributed by atoms with E-state index in [1.165, 1.54) is 98.2 Å². The van der Waals surface area contributed by atoms with Gasteiger partial charge in [-0.3, -0.25) is 0 Å². The molecule has 0 aliphatic carbocycles. The van der Waals surface area contributed by atoms with E-state index < -0.39 is 70.9 Å². The van der Waals surface area contributed by atoms with Crippen molar-refractivity contribution >= 4 is 101 Å². The molecule has 8 aromatic carbocycles. The molecule has 0 saturated carbocycles. The van der Waals surface area contributed by atoms with Crippen molar-refractivity contribution in [2.24, 2.45) is 0 Å². The molecule has 0 unspecified atom stereocenters. The molecule has 0 radical (unpaired) electrons. The fourth-order valence-corrected chi connectivity index (χ4v) is 29.9. The topological polar surface area (TPSA) is 256 Å². The summed E-state index contributed by atoms with van der Waals surface area (Å²) in [4.78, 5) is 111. The molecule has 0 spiro atoms. The van der Waals surface area contributed by atoms with E-state index in [1.807, 2.05) is 94.9 Å². The Morgan fingerprint density at radius 2 is 0.609 bits per heavy atom. The summed E-state index contributed by atoms with van der Waals surface area (Å²) < 4.78 is 144. The van der Waals surface area contributed by atoms with Crippen LogP contribution in [0.2, 0.25) is 0 Å². The molecule has 38 heteroatoms. The molecule has 138 heavy (non-hydrogen) atoms. The van der Waals surface area contributed by atoms with Crippen LogP contribution in [0.1, 0.15) is 133 Å². The van der Waals surface area contributed by atoms with Gasteiger partial charge in [0, 0.05) is 0 Å². The van der Waals surface area contributed by atoms with E-state index in [-0.39, 0.29) is 177 Å². The van der Waals surface area contributed by atoms with Gasteiger partial charge in [0.1, 0.15) is 0 Å². The third kappa shape index (κ3) is 15.8. The molecular weight excluding hydrogens is 2050 g/mol. The molecule has 0 N–H and O–H groups in total. The normalized spacial score (nSPS) is 21.1. The van der Waals surface area contributed by atoms with Crippen molar-refractivity contribution in [2.45, 2.75) is 70.1 Å². The first-order valence-corrected chi connectivity index (χ1v) is 52.7. The van der Waals surface area contributed by atoms with Crippen LogP contribution < -0.4 is 78.5 Å². The Labute approximate surface area is 810 Å². The van der Waals surface area contributed by atoms with E-state index in [4.69, 9.17) is 37.9 Å². The summed E-state index contributed by atoms with van der Waals surface area (Å²) in [5.74, 6) is -4.84. The molecule has 0 bridgehead atoms. The van der Waals surface area contributed by atoms with Gasteiger partial charge in [-0.15, -0.1) is 0 Å². The van der Waals surface area contributed by atoms with Crippen molar-refractivity contribution in [3.63, 3.8) is 0 Å². The maximum atomic E-state index is 15.1. The van der Waals surface area contributed by atoms with E-state index in [0.717, 1.165) is 64.8 Å². The Bertz CT molecular complexity index is 7220. The molecular formula is C100H86F6N12O16Se4. The summed E-state index contributed by atoms with van der Waals surface area (Å²) in [5.41, 5.74) is 8.86. The third-order valence-electron chi connectivity index (χ3n) is 26.7. The molecule has 4 fully saturated rings. The number of hydrogen-bond acceptors (Lipinski definition) is 20. The minimum absolute atomic E-state index is 0.00744. The fourth-order valence-electron chi connectivity index (χ4n) is 20.6. The van der Waals surface area contributed by atoms with Gasteiger partial charge >= 0.3 is 816 Å². The average Bonchev–Trinajstić information content (AvgIpc) is 1.06. The van der Waals surface area contributed by atoms with Crippen molar-refractivity contribution in [1.82, 2.24) is 38.3 Å². The Morgan fingerprint density at radius 1 is 0.290 bits per heavy atom.